The molecule has 1 unspecified atom stereocenters. The standard InChI is InChI=1S/C13H16F2N2O/c1-8(11-5-2-9(14)6-12(11)15)16-7-13(18)17-10-3-4-10/h2,5-6,8,10,16H,3-4,7H2,1H3,(H,17,18). The highest BCUT2D eigenvalue weighted by Crippen LogP contribution is 2.19. The van der Waals surface area contributed by atoms with Gasteiger partial charge in [0.15, 0.2) is 0 Å². The molecule has 1 aliphatic carbocycles. The molecule has 0 radical (unpaired) electrons. The van der Waals surface area contributed by atoms with Crippen molar-refractivity contribution < 1.29 is 13.6 Å². The molecular formula is C13H16F2N2O. The maximum atomic E-state index is 13.5. The Balaban J connectivity index is 1.86. The van der Waals surface area contributed by atoms with Gasteiger partial charge in [0, 0.05) is 23.7 Å². The van der Waals surface area contributed by atoms with Gasteiger partial charge in [0.05, 0.1) is 6.54 Å². The van der Waals surface area contributed by atoms with Crippen LogP contribution < -0.4 is 10.6 Å². The van der Waals surface area contributed by atoms with Crippen LogP contribution in [-0.4, -0.2) is 18.5 Å². The quantitative estimate of drug-likeness (QED) is 0.842. The molecule has 98 valence electrons. The van der Waals surface area contributed by atoms with Gasteiger partial charge in [-0.3, -0.25) is 4.79 Å². The van der Waals surface area contributed by atoms with E-state index in [1.54, 1.807) is 6.92 Å². The van der Waals surface area contributed by atoms with E-state index in [1.807, 2.05) is 0 Å². The van der Waals surface area contributed by atoms with Crippen LogP contribution in [0.3, 0.4) is 0 Å². The summed E-state index contributed by atoms with van der Waals surface area (Å²) in [5.74, 6) is -1.29. The molecule has 0 spiro atoms. The van der Waals surface area contributed by atoms with Crippen molar-refractivity contribution in [1.82, 2.24) is 10.6 Å². The summed E-state index contributed by atoms with van der Waals surface area (Å²) in [6, 6.07) is 3.42. The number of amides is 1. The first-order valence-corrected chi connectivity index (χ1v) is 6.04. The van der Waals surface area contributed by atoms with Gasteiger partial charge < -0.3 is 10.6 Å². The average molecular weight is 254 g/mol. The van der Waals surface area contributed by atoms with Gasteiger partial charge in [-0.05, 0) is 25.8 Å². The van der Waals surface area contributed by atoms with Crippen molar-refractivity contribution in [2.45, 2.75) is 31.8 Å². The van der Waals surface area contributed by atoms with E-state index < -0.39 is 11.6 Å². The number of benzene rings is 1. The van der Waals surface area contributed by atoms with Crippen LogP contribution in [0.15, 0.2) is 18.2 Å². The SMILES string of the molecule is CC(NCC(=O)NC1CC1)c1ccc(F)cc1F. The summed E-state index contributed by atoms with van der Waals surface area (Å²) < 4.78 is 26.2. The lowest BCUT2D eigenvalue weighted by Gasteiger charge is -2.14. The molecule has 1 saturated carbocycles. The van der Waals surface area contributed by atoms with E-state index in [1.165, 1.54) is 12.1 Å². The van der Waals surface area contributed by atoms with Crippen molar-refractivity contribution in [3.63, 3.8) is 0 Å². The Kier molecular flexibility index (Phi) is 3.91. The summed E-state index contributed by atoms with van der Waals surface area (Å²) >= 11 is 0. The van der Waals surface area contributed by atoms with Crippen molar-refractivity contribution in [3.05, 3.63) is 35.4 Å². The fourth-order valence-corrected chi connectivity index (χ4v) is 1.71. The fourth-order valence-electron chi connectivity index (χ4n) is 1.71. The van der Waals surface area contributed by atoms with E-state index in [0.29, 0.717) is 11.6 Å². The third kappa shape index (κ3) is 3.50. The molecule has 1 fully saturated rings. The van der Waals surface area contributed by atoms with Crippen molar-refractivity contribution in [2.75, 3.05) is 6.54 Å². The third-order valence-corrected chi connectivity index (χ3v) is 2.94. The first kappa shape index (κ1) is 13.0. The second-order valence-corrected chi connectivity index (χ2v) is 4.61. The Bertz CT molecular complexity index is 447. The van der Waals surface area contributed by atoms with Gasteiger partial charge >= 0.3 is 0 Å². The molecule has 1 aromatic carbocycles. The van der Waals surface area contributed by atoms with Gasteiger partial charge in [-0.1, -0.05) is 6.07 Å². The van der Waals surface area contributed by atoms with Crippen LogP contribution in [0.5, 0.6) is 0 Å². The molecule has 5 heteroatoms. The summed E-state index contributed by atoms with van der Waals surface area (Å²) in [4.78, 5) is 11.4. The lowest BCUT2D eigenvalue weighted by atomic mass is 10.1. The maximum Gasteiger partial charge on any atom is 0.234 e. The summed E-state index contributed by atoms with van der Waals surface area (Å²) in [7, 11) is 0. The summed E-state index contributed by atoms with van der Waals surface area (Å²) in [5.41, 5.74) is 0.357. The molecule has 1 atom stereocenters. The molecule has 1 aromatic rings. The Hall–Kier alpha value is -1.49. The Morgan fingerprint density at radius 3 is 2.78 bits per heavy atom. The number of rotatable bonds is 5. The Morgan fingerprint density at radius 2 is 2.17 bits per heavy atom. The van der Waals surface area contributed by atoms with Gasteiger partial charge in [0.2, 0.25) is 5.91 Å². The molecule has 0 heterocycles. The van der Waals surface area contributed by atoms with Gasteiger partial charge in [-0.15, -0.1) is 0 Å². The minimum Gasteiger partial charge on any atom is -0.352 e. The van der Waals surface area contributed by atoms with Gasteiger partial charge in [0.1, 0.15) is 11.6 Å². The molecule has 0 saturated heterocycles. The van der Waals surface area contributed by atoms with E-state index in [2.05, 4.69) is 10.6 Å². The molecule has 0 aliphatic heterocycles. The topological polar surface area (TPSA) is 41.1 Å². The number of hydrogen-bond acceptors (Lipinski definition) is 2. The van der Waals surface area contributed by atoms with Crippen LogP contribution in [0.25, 0.3) is 0 Å². The normalized spacial score (nSPS) is 16.4. The van der Waals surface area contributed by atoms with Gasteiger partial charge in [0.25, 0.3) is 0 Å². The van der Waals surface area contributed by atoms with Crippen LogP contribution >= 0.6 is 0 Å². The predicted octanol–water partition coefficient (Wildman–Crippen LogP) is 1.89. The fraction of sp³-hybridized carbons (Fsp3) is 0.462. The number of carbonyl (C=O) groups excluding carboxylic acids is 1. The Morgan fingerprint density at radius 1 is 1.44 bits per heavy atom. The summed E-state index contributed by atoms with van der Waals surface area (Å²) in [6.45, 7) is 1.87. The lowest BCUT2D eigenvalue weighted by molar-refractivity contribution is -0.120. The van der Waals surface area contributed by atoms with E-state index >= 15 is 0 Å². The molecule has 1 aliphatic rings. The number of halogens is 2. The van der Waals surface area contributed by atoms with Crippen LogP contribution in [0.1, 0.15) is 31.4 Å². The minimum absolute atomic E-state index is 0.0909. The van der Waals surface area contributed by atoms with Crippen LogP contribution in [-0.2, 0) is 4.79 Å². The molecule has 2 rings (SSSR count). The molecule has 2 N–H and O–H groups in total. The van der Waals surface area contributed by atoms with Crippen molar-refractivity contribution in [3.8, 4) is 0 Å². The van der Waals surface area contributed by atoms with Crippen molar-refractivity contribution in [1.29, 1.82) is 0 Å². The first-order valence-electron chi connectivity index (χ1n) is 6.04. The lowest BCUT2D eigenvalue weighted by Crippen LogP contribution is -2.36. The third-order valence-electron chi connectivity index (χ3n) is 2.94. The highest BCUT2D eigenvalue weighted by molar-refractivity contribution is 5.78. The zero-order valence-corrected chi connectivity index (χ0v) is 10.2. The number of nitrogens with one attached hydrogen (secondary N) is 2. The van der Waals surface area contributed by atoms with Gasteiger partial charge in [-0.2, -0.15) is 0 Å². The number of hydrogen-bond donors (Lipinski definition) is 2. The second kappa shape index (κ2) is 5.44. The monoisotopic (exact) mass is 254 g/mol. The predicted molar refractivity (Wildman–Crippen MR) is 63.9 cm³/mol. The zero-order valence-electron chi connectivity index (χ0n) is 10.2. The largest absolute Gasteiger partial charge is 0.352 e. The molecule has 0 bridgehead atoms. The van der Waals surface area contributed by atoms with E-state index in [9.17, 15) is 13.6 Å². The smallest absolute Gasteiger partial charge is 0.234 e. The highest BCUT2D eigenvalue weighted by atomic mass is 19.1. The van der Waals surface area contributed by atoms with Gasteiger partial charge in [-0.25, -0.2) is 8.78 Å². The molecule has 0 aromatic heterocycles. The van der Waals surface area contributed by atoms with Crippen LogP contribution in [0.2, 0.25) is 0 Å². The average Bonchev–Trinajstić information content (AvgIpc) is 3.10. The zero-order chi connectivity index (χ0) is 13.1. The van der Waals surface area contributed by atoms with Crippen molar-refractivity contribution in [2.24, 2.45) is 0 Å². The minimum atomic E-state index is -0.602. The number of carbonyl (C=O) groups is 1. The van der Waals surface area contributed by atoms with Crippen LogP contribution in [0.4, 0.5) is 8.78 Å². The summed E-state index contributed by atoms with van der Waals surface area (Å²) in [5, 5.41) is 5.75. The maximum absolute atomic E-state index is 13.5. The summed E-state index contributed by atoms with van der Waals surface area (Å²) in [6.07, 6.45) is 2.07. The van der Waals surface area contributed by atoms with Crippen molar-refractivity contribution >= 4 is 5.91 Å². The Labute approximate surface area is 105 Å². The van der Waals surface area contributed by atoms with Crippen LogP contribution in [0, 0.1) is 11.6 Å². The molecule has 1 amide bonds. The molecular weight excluding hydrogens is 238 g/mol. The molecule has 3 nitrogen and oxygen atoms in total. The van der Waals surface area contributed by atoms with E-state index in [4.69, 9.17) is 0 Å². The first-order chi connectivity index (χ1) is 8.56. The molecule has 18 heavy (non-hydrogen) atoms. The second-order valence-electron chi connectivity index (χ2n) is 4.61. The highest BCUT2D eigenvalue weighted by Gasteiger charge is 2.23. The van der Waals surface area contributed by atoms with E-state index in [0.717, 1.165) is 18.9 Å². The van der Waals surface area contributed by atoms with E-state index in [-0.39, 0.29) is 18.5 Å².